The van der Waals surface area contributed by atoms with Crippen molar-refractivity contribution < 1.29 is 14.3 Å². The fourth-order valence-electron chi connectivity index (χ4n) is 3.16. The Hall–Kier alpha value is -2.05. The third kappa shape index (κ3) is 8.19. The van der Waals surface area contributed by atoms with Gasteiger partial charge in [0.25, 0.3) is 5.91 Å². The van der Waals surface area contributed by atoms with Crippen molar-refractivity contribution in [1.29, 1.82) is 0 Å². The lowest BCUT2D eigenvalue weighted by molar-refractivity contribution is -0.142. The van der Waals surface area contributed by atoms with Crippen molar-refractivity contribution in [2.45, 2.75) is 52.1 Å². The molecule has 1 N–H and O–H groups in total. The van der Waals surface area contributed by atoms with Crippen molar-refractivity contribution in [3.8, 4) is 5.75 Å². The van der Waals surface area contributed by atoms with Crippen LogP contribution >= 0.6 is 27.5 Å². The normalized spacial score (nSPS) is 12.2. The molecule has 5 nitrogen and oxygen atoms in total. The highest BCUT2D eigenvalue weighted by atomic mass is 79.9. The zero-order chi connectivity index (χ0) is 23.0. The van der Waals surface area contributed by atoms with E-state index in [1.54, 1.807) is 23.1 Å². The molecule has 0 spiro atoms. The van der Waals surface area contributed by atoms with E-state index in [9.17, 15) is 9.59 Å². The Balaban J connectivity index is 2.17. The summed E-state index contributed by atoms with van der Waals surface area (Å²) in [4.78, 5) is 27.7. The molecule has 0 radical (unpaired) electrons. The summed E-state index contributed by atoms with van der Waals surface area (Å²) < 4.78 is 6.40. The number of hydrogen-bond donors (Lipinski definition) is 1. The highest BCUT2D eigenvalue weighted by molar-refractivity contribution is 9.10. The molecule has 0 aliphatic carbocycles. The maximum Gasteiger partial charge on any atom is 0.261 e. The van der Waals surface area contributed by atoms with Crippen molar-refractivity contribution in [3.63, 3.8) is 0 Å². The van der Waals surface area contributed by atoms with Gasteiger partial charge in [-0.1, -0.05) is 48.9 Å². The third-order valence-electron chi connectivity index (χ3n) is 4.61. The first-order valence-corrected chi connectivity index (χ1v) is 11.5. The Kier molecular flexibility index (Phi) is 9.38. The summed E-state index contributed by atoms with van der Waals surface area (Å²) in [6.07, 6.45) is 1.16. The first kappa shape index (κ1) is 25.2. The van der Waals surface area contributed by atoms with E-state index in [-0.39, 0.29) is 24.0 Å². The van der Waals surface area contributed by atoms with Crippen LogP contribution in [0.15, 0.2) is 53.0 Å². The van der Waals surface area contributed by atoms with Crippen LogP contribution in [-0.2, 0) is 16.0 Å². The second kappa shape index (κ2) is 11.5. The minimum Gasteiger partial charge on any atom is -0.483 e. The molecular weight excluding hydrogens is 480 g/mol. The van der Waals surface area contributed by atoms with Crippen LogP contribution in [-0.4, -0.2) is 41.4 Å². The molecule has 0 heterocycles. The molecule has 168 valence electrons. The van der Waals surface area contributed by atoms with Gasteiger partial charge in [-0.2, -0.15) is 0 Å². The van der Waals surface area contributed by atoms with Crippen LogP contribution in [0.2, 0.25) is 5.02 Å². The Morgan fingerprint density at radius 1 is 1.16 bits per heavy atom. The number of nitrogens with one attached hydrogen (secondary N) is 1. The van der Waals surface area contributed by atoms with E-state index in [0.29, 0.717) is 34.6 Å². The second-order valence-electron chi connectivity index (χ2n) is 8.35. The summed E-state index contributed by atoms with van der Waals surface area (Å²) in [7, 11) is 0. The number of carbonyl (C=O) groups excluding carboxylic acids is 2. The van der Waals surface area contributed by atoms with Crippen molar-refractivity contribution in [1.82, 2.24) is 10.2 Å². The molecule has 0 aliphatic heterocycles. The maximum atomic E-state index is 13.2. The minimum absolute atomic E-state index is 0.163. The number of ether oxygens (including phenoxy) is 1. The van der Waals surface area contributed by atoms with Crippen LogP contribution in [0.1, 0.15) is 39.7 Å². The summed E-state index contributed by atoms with van der Waals surface area (Å²) in [5, 5.41) is 3.57. The molecule has 2 amide bonds. The van der Waals surface area contributed by atoms with E-state index < -0.39 is 6.04 Å². The second-order valence-corrected chi connectivity index (χ2v) is 9.64. The zero-order valence-corrected chi connectivity index (χ0v) is 20.8. The summed E-state index contributed by atoms with van der Waals surface area (Å²) in [6.45, 7) is 7.93. The largest absolute Gasteiger partial charge is 0.483 e. The quantitative estimate of drug-likeness (QED) is 0.502. The van der Waals surface area contributed by atoms with Gasteiger partial charge in [0.15, 0.2) is 6.61 Å². The highest BCUT2D eigenvalue weighted by Gasteiger charge is 2.30. The molecule has 0 unspecified atom stereocenters. The molecular formula is C24H30BrClN2O3. The van der Waals surface area contributed by atoms with Crippen LogP contribution in [0.4, 0.5) is 0 Å². The number of rotatable bonds is 9. The molecule has 0 aromatic heterocycles. The van der Waals surface area contributed by atoms with Crippen LogP contribution < -0.4 is 10.1 Å². The first-order valence-electron chi connectivity index (χ1n) is 10.3. The fourth-order valence-corrected chi connectivity index (χ4v) is 3.96. The van der Waals surface area contributed by atoms with Gasteiger partial charge in [0.2, 0.25) is 5.91 Å². The van der Waals surface area contributed by atoms with Gasteiger partial charge in [0, 0.05) is 17.1 Å². The fraction of sp³-hybridized carbons (Fsp3) is 0.417. The Labute approximate surface area is 198 Å². The molecule has 0 saturated carbocycles. The molecule has 0 saturated heterocycles. The van der Waals surface area contributed by atoms with E-state index in [4.69, 9.17) is 16.3 Å². The van der Waals surface area contributed by atoms with Gasteiger partial charge in [0.05, 0.1) is 4.47 Å². The Bertz CT molecular complexity index is 884. The zero-order valence-electron chi connectivity index (χ0n) is 18.5. The summed E-state index contributed by atoms with van der Waals surface area (Å²) in [5.41, 5.74) is 0.719. The highest BCUT2D eigenvalue weighted by Crippen LogP contribution is 2.28. The monoisotopic (exact) mass is 508 g/mol. The average Bonchev–Trinajstić information content (AvgIpc) is 2.69. The SMILES string of the molecule is CC[C@H](C(=O)NC(C)(C)C)N(CCc1ccccc1)C(=O)COc1ccc(Cl)cc1Br. The molecule has 0 aliphatic rings. The maximum absolute atomic E-state index is 13.2. The van der Waals surface area contributed by atoms with Crippen molar-refractivity contribution >= 4 is 39.3 Å². The molecule has 2 aromatic carbocycles. The van der Waals surface area contributed by atoms with E-state index in [1.807, 2.05) is 58.0 Å². The van der Waals surface area contributed by atoms with E-state index >= 15 is 0 Å². The topological polar surface area (TPSA) is 58.6 Å². The van der Waals surface area contributed by atoms with E-state index in [1.165, 1.54) is 0 Å². The first-order chi connectivity index (χ1) is 14.6. The minimum atomic E-state index is -0.576. The van der Waals surface area contributed by atoms with Gasteiger partial charge in [-0.3, -0.25) is 9.59 Å². The summed E-state index contributed by atoms with van der Waals surface area (Å²) in [5.74, 6) is 0.116. The lowest BCUT2D eigenvalue weighted by Crippen LogP contribution is -2.54. The van der Waals surface area contributed by atoms with Gasteiger partial charge < -0.3 is 15.0 Å². The molecule has 2 aromatic rings. The molecule has 7 heteroatoms. The number of hydrogen-bond acceptors (Lipinski definition) is 3. The average molecular weight is 510 g/mol. The lowest BCUT2D eigenvalue weighted by Gasteiger charge is -2.33. The van der Waals surface area contributed by atoms with Crippen molar-refractivity contribution in [3.05, 3.63) is 63.6 Å². The number of carbonyl (C=O) groups is 2. The van der Waals surface area contributed by atoms with Gasteiger partial charge >= 0.3 is 0 Å². The standard InChI is InChI=1S/C24H30BrClN2O3/c1-5-20(23(30)27-24(2,3)4)28(14-13-17-9-7-6-8-10-17)22(29)16-31-21-12-11-18(26)15-19(21)25/h6-12,15,20H,5,13-14,16H2,1-4H3,(H,27,30)/t20-/m1/s1. The Morgan fingerprint density at radius 2 is 1.84 bits per heavy atom. The van der Waals surface area contributed by atoms with Crippen LogP contribution in [0.25, 0.3) is 0 Å². The van der Waals surface area contributed by atoms with Gasteiger partial charge in [-0.05, 0) is 73.3 Å². The summed E-state index contributed by atoms with van der Waals surface area (Å²) >= 11 is 9.37. The van der Waals surface area contributed by atoms with Crippen LogP contribution in [0, 0.1) is 0 Å². The Morgan fingerprint density at radius 3 is 2.42 bits per heavy atom. The smallest absolute Gasteiger partial charge is 0.261 e. The van der Waals surface area contributed by atoms with Gasteiger partial charge in [-0.25, -0.2) is 0 Å². The predicted octanol–water partition coefficient (Wildman–Crippen LogP) is 5.25. The number of amides is 2. The van der Waals surface area contributed by atoms with E-state index in [2.05, 4.69) is 21.2 Å². The number of benzene rings is 2. The lowest BCUT2D eigenvalue weighted by atomic mass is 10.1. The molecule has 1 atom stereocenters. The molecule has 2 rings (SSSR count). The van der Waals surface area contributed by atoms with Crippen LogP contribution in [0.5, 0.6) is 5.75 Å². The molecule has 0 fully saturated rings. The van der Waals surface area contributed by atoms with Crippen molar-refractivity contribution in [2.24, 2.45) is 0 Å². The van der Waals surface area contributed by atoms with Crippen LogP contribution in [0.3, 0.4) is 0 Å². The predicted molar refractivity (Wildman–Crippen MR) is 128 cm³/mol. The number of nitrogens with zero attached hydrogens (tertiary/aromatic N) is 1. The molecule has 31 heavy (non-hydrogen) atoms. The molecule has 0 bridgehead atoms. The van der Waals surface area contributed by atoms with E-state index in [0.717, 1.165) is 5.56 Å². The third-order valence-corrected chi connectivity index (χ3v) is 5.47. The van der Waals surface area contributed by atoms with Gasteiger partial charge in [0.1, 0.15) is 11.8 Å². The van der Waals surface area contributed by atoms with Crippen molar-refractivity contribution in [2.75, 3.05) is 13.2 Å². The van der Waals surface area contributed by atoms with Gasteiger partial charge in [-0.15, -0.1) is 0 Å². The summed E-state index contributed by atoms with van der Waals surface area (Å²) in [6, 6.07) is 14.4. The number of halogens is 2.